The first-order valence-electron chi connectivity index (χ1n) is 6.24. The van der Waals surface area contributed by atoms with Gasteiger partial charge >= 0.3 is 0 Å². The molecular weight excluding hydrogens is 330 g/mol. The lowest BCUT2D eigenvalue weighted by atomic mass is 10.1. The highest BCUT2D eigenvalue weighted by Gasteiger charge is 2.13. The third-order valence-corrected chi connectivity index (χ3v) is 3.26. The maximum atomic E-state index is 13.5. The van der Waals surface area contributed by atoms with Crippen molar-refractivity contribution in [2.24, 2.45) is 0 Å². The van der Waals surface area contributed by atoms with Crippen LogP contribution < -0.4 is 10.9 Å². The van der Waals surface area contributed by atoms with Crippen LogP contribution in [0.4, 0.5) is 4.39 Å². The van der Waals surface area contributed by atoms with Crippen LogP contribution in [0, 0.1) is 5.82 Å². The number of carbonyl (C=O) groups is 2. The summed E-state index contributed by atoms with van der Waals surface area (Å²) in [6.07, 6.45) is 0.0561. The number of rotatable bonds is 3. The summed E-state index contributed by atoms with van der Waals surface area (Å²) < 4.78 is 13.5. The maximum Gasteiger partial charge on any atom is 0.272 e. The molecule has 2 aromatic carbocycles. The van der Waals surface area contributed by atoms with Gasteiger partial charge < -0.3 is 0 Å². The molecule has 114 valence electrons. The fourth-order valence-electron chi connectivity index (χ4n) is 1.70. The van der Waals surface area contributed by atoms with E-state index in [1.807, 2.05) is 0 Å². The maximum absolute atomic E-state index is 13.5. The zero-order valence-corrected chi connectivity index (χ0v) is 12.7. The summed E-state index contributed by atoms with van der Waals surface area (Å²) in [5.74, 6) is -1.97. The summed E-state index contributed by atoms with van der Waals surface area (Å²) >= 11 is 11.3. The van der Waals surface area contributed by atoms with Crippen LogP contribution in [-0.4, -0.2) is 11.8 Å². The molecule has 0 saturated heterocycles. The van der Waals surface area contributed by atoms with Crippen LogP contribution in [-0.2, 0) is 11.2 Å². The van der Waals surface area contributed by atoms with Crippen molar-refractivity contribution in [3.63, 3.8) is 0 Å². The lowest BCUT2D eigenvalue weighted by Gasteiger charge is -2.08. The van der Waals surface area contributed by atoms with Gasteiger partial charge in [-0.05, 0) is 35.9 Å². The van der Waals surface area contributed by atoms with E-state index in [0.717, 1.165) is 11.6 Å². The molecule has 0 aliphatic heterocycles. The Kier molecular flexibility index (Phi) is 5.35. The van der Waals surface area contributed by atoms with E-state index in [-0.39, 0.29) is 17.0 Å². The number of hydrazine groups is 1. The average Bonchev–Trinajstić information content (AvgIpc) is 2.47. The van der Waals surface area contributed by atoms with Crippen molar-refractivity contribution in [2.45, 2.75) is 6.42 Å². The quantitative estimate of drug-likeness (QED) is 0.843. The fraction of sp³-hybridized carbons (Fsp3) is 0.0667. The van der Waals surface area contributed by atoms with E-state index in [4.69, 9.17) is 23.2 Å². The third-order valence-electron chi connectivity index (χ3n) is 2.77. The Morgan fingerprint density at radius 1 is 0.955 bits per heavy atom. The Bertz CT molecular complexity index is 705. The predicted molar refractivity (Wildman–Crippen MR) is 82.2 cm³/mol. The van der Waals surface area contributed by atoms with Crippen LogP contribution in [0.2, 0.25) is 10.0 Å². The number of nitrogens with one attached hydrogen (secondary N) is 2. The van der Waals surface area contributed by atoms with Crippen molar-refractivity contribution in [2.75, 3.05) is 0 Å². The average molecular weight is 341 g/mol. The summed E-state index contributed by atoms with van der Waals surface area (Å²) in [7, 11) is 0. The smallest absolute Gasteiger partial charge is 0.272 e. The molecule has 2 amide bonds. The standard InChI is InChI=1S/C15H11Cl2FN2O2/c16-10-3-1-9(2-4-10)7-14(21)19-20-15(22)12-6-5-11(17)8-13(12)18/h1-6,8H,7H2,(H,19,21)(H,20,22). The normalized spacial score (nSPS) is 10.1. The summed E-state index contributed by atoms with van der Waals surface area (Å²) in [6, 6.07) is 10.3. The van der Waals surface area contributed by atoms with Crippen molar-refractivity contribution in [3.05, 3.63) is 69.5 Å². The highest BCUT2D eigenvalue weighted by atomic mass is 35.5. The largest absolute Gasteiger partial charge is 0.273 e. The van der Waals surface area contributed by atoms with E-state index in [1.165, 1.54) is 12.1 Å². The van der Waals surface area contributed by atoms with Gasteiger partial charge in [-0.1, -0.05) is 35.3 Å². The predicted octanol–water partition coefficient (Wildman–Crippen LogP) is 3.14. The molecule has 0 saturated carbocycles. The molecule has 0 aliphatic rings. The van der Waals surface area contributed by atoms with E-state index in [0.29, 0.717) is 5.02 Å². The number of hydrogen-bond acceptors (Lipinski definition) is 2. The molecule has 0 radical (unpaired) electrons. The van der Waals surface area contributed by atoms with Crippen molar-refractivity contribution in [1.29, 1.82) is 0 Å². The van der Waals surface area contributed by atoms with Gasteiger partial charge in [0.05, 0.1) is 12.0 Å². The van der Waals surface area contributed by atoms with Gasteiger partial charge in [0.1, 0.15) is 5.82 Å². The third kappa shape index (κ3) is 4.44. The van der Waals surface area contributed by atoms with Gasteiger partial charge in [0.2, 0.25) is 5.91 Å². The van der Waals surface area contributed by atoms with Crippen LogP contribution in [0.5, 0.6) is 0 Å². The Hall–Kier alpha value is -2.11. The van der Waals surface area contributed by atoms with Gasteiger partial charge in [0.15, 0.2) is 0 Å². The Balaban J connectivity index is 1.90. The molecule has 22 heavy (non-hydrogen) atoms. The van der Waals surface area contributed by atoms with E-state index in [1.54, 1.807) is 24.3 Å². The molecule has 0 atom stereocenters. The molecular formula is C15H11Cl2FN2O2. The SMILES string of the molecule is O=C(Cc1ccc(Cl)cc1)NNC(=O)c1ccc(Cl)cc1F. The van der Waals surface area contributed by atoms with Crippen molar-refractivity contribution >= 4 is 35.0 Å². The van der Waals surface area contributed by atoms with Gasteiger partial charge in [0.25, 0.3) is 5.91 Å². The second-order valence-electron chi connectivity index (χ2n) is 4.43. The fourth-order valence-corrected chi connectivity index (χ4v) is 1.98. The van der Waals surface area contributed by atoms with E-state index >= 15 is 0 Å². The summed E-state index contributed by atoms with van der Waals surface area (Å²) in [6.45, 7) is 0. The first-order chi connectivity index (χ1) is 10.5. The van der Waals surface area contributed by atoms with Crippen LogP contribution in [0.25, 0.3) is 0 Å². The first-order valence-corrected chi connectivity index (χ1v) is 7.00. The monoisotopic (exact) mass is 340 g/mol. The van der Waals surface area contributed by atoms with Gasteiger partial charge in [0, 0.05) is 10.0 Å². The lowest BCUT2D eigenvalue weighted by Crippen LogP contribution is -2.42. The Morgan fingerprint density at radius 2 is 1.59 bits per heavy atom. The molecule has 0 aliphatic carbocycles. The van der Waals surface area contributed by atoms with Crippen molar-refractivity contribution < 1.29 is 14.0 Å². The molecule has 4 nitrogen and oxygen atoms in total. The first kappa shape index (κ1) is 16.3. The zero-order chi connectivity index (χ0) is 16.1. The van der Waals surface area contributed by atoms with Crippen LogP contribution in [0.3, 0.4) is 0 Å². The van der Waals surface area contributed by atoms with Crippen LogP contribution >= 0.6 is 23.2 Å². The number of halogens is 3. The van der Waals surface area contributed by atoms with Crippen molar-refractivity contribution in [1.82, 2.24) is 10.9 Å². The topological polar surface area (TPSA) is 58.2 Å². The van der Waals surface area contributed by atoms with E-state index < -0.39 is 17.6 Å². The molecule has 0 bridgehead atoms. The number of carbonyl (C=O) groups excluding carboxylic acids is 2. The molecule has 7 heteroatoms. The number of amides is 2. The van der Waals surface area contributed by atoms with Crippen LogP contribution in [0.15, 0.2) is 42.5 Å². The molecule has 0 unspecified atom stereocenters. The highest BCUT2D eigenvalue weighted by molar-refractivity contribution is 6.30. The molecule has 0 heterocycles. The summed E-state index contributed by atoms with van der Waals surface area (Å²) in [4.78, 5) is 23.5. The summed E-state index contributed by atoms with van der Waals surface area (Å²) in [5.41, 5.74) is 4.88. The van der Waals surface area contributed by atoms with Gasteiger partial charge in [-0.3, -0.25) is 20.4 Å². The Morgan fingerprint density at radius 3 is 2.23 bits per heavy atom. The summed E-state index contributed by atoms with van der Waals surface area (Å²) in [5, 5.41) is 0.747. The number of hydrogen-bond donors (Lipinski definition) is 2. The second kappa shape index (κ2) is 7.24. The van der Waals surface area contributed by atoms with Crippen LogP contribution in [0.1, 0.15) is 15.9 Å². The molecule has 0 fully saturated rings. The Labute approximate surface area is 136 Å². The molecule has 0 spiro atoms. The second-order valence-corrected chi connectivity index (χ2v) is 5.30. The molecule has 2 rings (SSSR count). The minimum absolute atomic E-state index is 0.0561. The van der Waals surface area contributed by atoms with Gasteiger partial charge in [-0.25, -0.2) is 4.39 Å². The lowest BCUT2D eigenvalue weighted by molar-refractivity contribution is -0.121. The molecule has 2 aromatic rings. The van der Waals surface area contributed by atoms with E-state index in [2.05, 4.69) is 10.9 Å². The minimum Gasteiger partial charge on any atom is -0.273 e. The molecule has 0 aromatic heterocycles. The highest BCUT2D eigenvalue weighted by Crippen LogP contribution is 2.14. The van der Waals surface area contributed by atoms with E-state index in [9.17, 15) is 14.0 Å². The number of benzene rings is 2. The minimum atomic E-state index is -0.767. The molecule has 2 N–H and O–H groups in total. The van der Waals surface area contributed by atoms with Gasteiger partial charge in [-0.2, -0.15) is 0 Å². The van der Waals surface area contributed by atoms with Crippen molar-refractivity contribution in [3.8, 4) is 0 Å². The zero-order valence-electron chi connectivity index (χ0n) is 11.2. The van der Waals surface area contributed by atoms with Gasteiger partial charge in [-0.15, -0.1) is 0 Å².